The number of rotatable bonds is 2. The molecule has 25 heavy (non-hydrogen) atoms. The number of carbonyl (C=O) groups excluding carboxylic acids is 1. The monoisotopic (exact) mass is 357 g/mol. The van der Waals surface area contributed by atoms with E-state index in [2.05, 4.69) is 15.1 Å². The molecule has 1 aliphatic rings. The van der Waals surface area contributed by atoms with Crippen molar-refractivity contribution in [3.8, 4) is 11.4 Å². The van der Waals surface area contributed by atoms with Crippen molar-refractivity contribution in [1.29, 1.82) is 0 Å². The van der Waals surface area contributed by atoms with Crippen molar-refractivity contribution in [2.45, 2.75) is 6.92 Å². The van der Waals surface area contributed by atoms with Gasteiger partial charge in [-0.2, -0.15) is 4.98 Å². The Kier molecular flexibility index (Phi) is 4.10. The lowest BCUT2D eigenvalue weighted by atomic mass is 10.2. The summed E-state index contributed by atoms with van der Waals surface area (Å²) in [6.07, 6.45) is 1.56. The van der Waals surface area contributed by atoms with Crippen LogP contribution in [-0.4, -0.2) is 56.7 Å². The molecule has 128 valence electrons. The third-order valence-electron chi connectivity index (χ3n) is 4.25. The van der Waals surface area contributed by atoms with Gasteiger partial charge in [0.25, 0.3) is 11.7 Å². The Morgan fingerprint density at radius 2 is 2.00 bits per heavy atom. The second-order valence-electron chi connectivity index (χ2n) is 5.79. The largest absolute Gasteiger partial charge is 0.378 e. The summed E-state index contributed by atoms with van der Waals surface area (Å²) in [6, 6.07) is 7.37. The van der Waals surface area contributed by atoms with E-state index < -0.39 is 0 Å². The maximum Gasteiger partial charge on any atom is 0.257 e. The number of ether oxygens (including phenoxy) is 1. The summed E-state index contributed by atoms with van der Waals surface area (Å²) in [5.41, 5.74) is 1.95. The Morgan fingerprint density at radius 3 is 2.76 bits per heavy atom. The Bertz CT molecular complexity index is 949. The van der Waals surface area contributed by atoms with Gasteiger partial charge in [0.15, 0.2) is 5.82 Å². The van der Waals surface area contributed by atoms with E-state index in [1.165, 1.54) is 0 Å². The number of amides is 1. The van der Waals surface area contributed by atoms with Crippen LogP contribution in [0.25, 0.3) is 17.2 Å². The summed E-state index contributed by atoms with van der Waals surface area (Å²) in [7, 11) is 0. The molecule has 3 aromatic rings. The Balaban J connectivity index is 1.75. The highest BCUT2D eigenvalue weighted by Gasteiger charge is 2.22. The molecule has 0 spiro atoms. The number of carbonyl (C=O) groups is 1. The highest BCUT2D eigenvalue weighted by molar-refractivity contribution is 6.33. The maximum atomic E-state index is 12.7. The Labute approximate surface area is 149 Å². The number of aryl methyl sites for hydroxylation is 1. The van der Waals surface area contributed by atoms with Crippen LogP contribution in [0, 0.1) is 6.92 Å². The lowest BCUT2D eigenvalue weighted by Gasteiger charge is -2.27. The van der Waals surface area contributed by atoms with Crippen LogP contribution in [0.4, 0.5) is 0 Å². The van der Waals surface area contributed by atoms with Crippen molar-refractivity contribution in [3.63, 3.8) is 0 Å². The van der Waals surface area contributed by atoms with Crippen molar-refractivity contribution < 1.29 is 9.53 Å². The molecule has 0 atom stereocenters. The van der Waals surface area contributed by atoms with Gasteiger partial charge in [0.05, 0.1) is 29.5 Å². The van der Waals surface area contributed by atoms with Gasteiger partial charge in [-0.05, 0) is 19.1 Å². The topological polar surface area (TPSA) is 72.6 Å². The van der Waals surface area contributed by atoms with Gasteiger partial charge in [-0.25, -0.2) is 9.50 Å². The average Bonchev–Trinajstić information content (AvgIpc) is 3.07. The quantitative estimate of drug-likeness (QED) is 0.703. The molecule has 1 amide bonds. The van der Waals surface area contributed by atoms with Crippen molar-refractivity contribution in [3.05, 3.63) is 46.7 Å². The number of hydrogen-bond acceptors (Lipinski definition) is 5. The van der Waals surface area contributed by atoms with Gasteiger partial charge in [-0.15, -0.1) is 5.10 Å². The van der Waals surface area contributed by atoms with Gasteiger partial charge >= 0.3 is 0 Å². The zero-order valence-electron chi connectivity index (χ0n) is 13.6. The molecule has 0 aliphatic carbocycles. The minimum atomic E-state index is -0.0648. The smallest absolute Gasteiger partial charge is 0.257 e. The van der Waals surface area contributed by atoms with Gasteiger partial charge in [0.2, 0.25) is 0 Å². The maximum absolute atomic E-state index is 12.7. The molecule has 0 saturated carbocycles. The van der Waals surface area contributed by atoms with Crippen molar-refractivity contribution in [1.82, 2.24) is 24.5 Å². The predicted molar refractivity (Wildman–Crippen MR) is 92.7 cm³/mol. The summed E-state index contributed by atoms with van der Waals surface area (Å²) < 4.78 is 6.89. The van der Waals surface area contributed by atoms with Crippen LogP contribution < -0.4 is 0 Å². The van der Waals surface area contributed by atoms with E-state index in [4.69, 9.17) is 16.3 Å². The van der Waals surface area contributed by atoms with Crippen molar-refractivity contribution in [2.75, 3.05) is 26.3 Å². The van der Waals surface area contributed by atoms with Crippen LogP contribution in [0.15, 0.2) is 30.5 Å². The molecule has 1 aromatic carbocycles. The van der Waals surface area contributed by atoms with E-state index in [0.29, 0.717) is 54.2 Å². The standard InChI is InChI=1S/C17H16ClN5O2/c1-11-13(16(24)22-6-8-25-9-7-22)10-19-17-20-15(21-23(11)17)12-4-2-3-5-14(12)18/h2-5,10H,6-9H2,1H3. The normalized spacial score (nSPS) is 14.9. The Morgan fingerprint density at radius 1 is 1.24 bits per heavy atom. The number of fused-ring (bicyclic) bond motifs is 1. The van der Waals surface area contributed by atoms with Crippen LogP contribution in [0.2, 0.25) is 5.02 Å². The zero-order chi connectivity index (χ0) is 17.4. The second-order valence-corrected chi connectivity index (χ2v) is 6.20. The first kappa shape index (κ1) is 16.0. The second kappa shape index (κ2) is 6.42. The minimum absolute atomic E-state index is 0.0648. The zero-order valence-corrected chi connectivity index (χ0v) is 14.4. The highest BCUT2D eigenvalue weighted by Crippen LogP contribution is 2.25. The summed E-state index contributed by atoms with van der Waals surface area (Å²) in [5, 5.41) is 5.06. The fraction of sp³-hybridized carbons (Fsp3) is 0.294. The van der Waals surface area contributed by atoms with Crippen molar-refractivity contribution in [2.24, 2.45) is 0 Å². The van der Waals surface area contributed by atoms with E-state index in [9.17, 15) is 4.79 Å². The van der Waals surface area contributed by atoms with Crippen LogP contribution in [0.3, 0.4) is 0 Å². The van der Waals surface area contributed by atoms with E-state index in [1.807, 2.05) is 25.1 Å². The number of halogens is 1. The van der Waals surface area contributed by atoms with E-state index >= 15 is 0 Å². The van der Waals surface area contributed by atoms with Crippen LogP contribution >= 0.6 is 11.6 Å². The molecule has 1 aliphatic heterocycles. The number of nitrogens with zero attached hydrogens (tertiary/aromatic N) is 5. The van der Waals surface area contributed by atoms with Gasteiger partial charge in [-0.1, -0.05) is 23.7 Å². The molecular weight excluding hydrogens is 342 g/mol. The van der Waals surface area contributed by atoms with Crippen LogP contribution in [-0.2, 0) is 4.74 Å². The predicted octanol–water partition coefficient (Wildman–Crippen LogP) is 2.23. The first-order valence-electron chi connectivity index (χ1n) is 7.99. The molecule has 4 rings (SSSR count). The van der Waals surface area contributed by atoms with E-state index in [1.54, 1.807) is 21.7 Å². The molecule has 8 heteroatoms. The van der Waals surface area contributed by atoms with E-state index in [-0.39, 0.29) is 5.91 Å². The van der Waals surface area contributed by atoms with E-state index in [0.717, 1.165) is 5.56 Å². The number of morpholine rings is 1. The number of hydrogen-bond donors (Lipinski definition) is 0. The summed E-state index contributed by atoms with van der Waals surface area (Å²) in [4.78, 5) is 23.2. The minimum Gasteiger partial charge on any atom is -0.378 e. The first-order valence-corrected chi connectivity index (χ1v) is 8.37. The summed E-state index contributed by atoms with van der Waals surface area (Å²) in [5.74, 6) is 0.855. The molecule has 0 N–H and O–H groups in total. The molecule has 1 fully saturated rings. The molecular formula is C17H16ClN5O2. The van der Waals surface area contributed by atoms with Crippen LogP contribution in [0.5, 0.6) is 0 Å². The fourth-order valence-corrected chi connectivity index (χ4v) is 3.07. The molecule has 0 radical (unpaired) electrons. The van der Waals surface area contributed by atoms with Gasteiger partial charge in [0.1, 0.15) is 0 Å². The summed E-state index contributed by atoms with van der Waals surface area (Å²) in [6.45, 7) is 4.12. The van der Waals surface area contributed by atoms with Crippen LogP contribution in [0.1, 0.15) is 16.1 Å². The van der Waals surface area contributed by atoms with Crippen molar-refractivity contribution >= 4 is 23.3 Å². The van der Waals surface area contributed by atoms with Gasteiger partial charge < -0.3 is 9.64 Å². The molecule has 0 bridgehead atoms. The molecule has 1 saturated heterocycles. The SMILES string of the molecule is Cc1c(C(=O)N2CCOCC2)cnc2nc(-c3ccccc3Cl)nn12. The van der Waals surface area contributed by atoms with Gasteiger partial charge in [-0.3, -0.25) is 4.79 Å². The third-order valence-corrected chi connectivity index (χ3v) is 4.58. The fourth-order valence-electron chi connectivity index (χ4n) is 2.85. The van der Waals surface area contributed by atoms with Gasteiger partial charge in [0, 0.05) is 24.8 Å². The first-order chi connectivity index (χ1) is 12.1. The lowest BCUT2D eigenvalue weighted by Crippen LogP contribution is -2.41. The average molecular weight is 358 g/mol. The molecule has 2 aromatic heterocycles. The number of benzene rings is 1. The molecule has 3 heterocycles. The Hall–Kier alpha value is -2.51. The molecule has 0 unspecified atom stereocenters. The number of aromatic nitrogens is 4. The third kappa shape index (κ3) is 2.85. The lowest BCUT2D eigenvalue weighted by molar-refractivity contribution is 0.0301. The highest BCUT2D eigenvalue weighted by atomic mass is 35.5. The molecule has 7 nitrogen and oxygen atoms in total. The summed E-state index contributed by atoms with van der Waals surface area (Å²) >= 11 is 6.23.